The molecule has 1 saturated heterocycles. The number of amides is 1. The summed E-state index contributed by atoms with van der Waals surface area (Å²) in [6.45, 7) is -0.230. The van der Waals surface area contributed by atoms with Crippen molar-refractivity contribution in [3.05, 3.63) is 0 Å². The van der Waals surface area contributed by atoms with Crippen LogP contribution in [0.15, 0.2) is 0 Å². The zero-order chi connectivity index (χ0) is 10.1. The average Bonchev–Trinajstić information content (AvgIpc) is 2.44. The first-order valence-corrected chi connectivity index (χ1v) is 4.98. The number of rotatable bonds is 2. The standard InChI is InChI=1S/C9H14N2O3/c12-8(13)5-11-9(14)6-3-1-2-4-7(6)10-11/h6-7,10H,1-5H2,(H,12,13). The minimum absolute atomic E-state index is 0.0168. The highest BCUT2D eigenvalue weighted by Crippen LogP contribution is 2.30. The zero-order valence-electron chi connectivity index (χ0n) is 7.90. The first-order valence-electron chi connectivity index (χ1n) is 4.98. The van der Waals surface area contributed by atoms with Crippen LogP contribution in [0.3, 0.4) is 0 Å². The number of carboxylic acids is 1. The molecule has 0 radical (unpaired) electrons. The Balaban J connectivity index is 2.02. The maximum Gasteiger partial charge on any atom is 0.324 e. The van der Waals surface area contributed by atoms with E-state index >= 15 is 0 Å². The summed E-state index contributed by atoms with van der Waals surface area (Å²) in [5.74, 6) is -0.996. The molecular weight excluding hydrogens is 184 g/mol. The molecule has 5 heteroatoms. The Bertz CT molecular complexity index is 267. The fraction of sp³-hybridized carbons (Fsp3) is 0.778. The number of fused-ring (bicyclic) bond motifs is 1. The molecule has 14 heavy (non-hydrogen) atoms. The van der Waals surface area contributed by atoms with Crippen molar-refractivity contribution in [2.24, 2.45) is 5.92 Å². The summed E-state index contributed by atoms with van der Waals surface area (Å²) >= 11 is 0. The molecule has 0 aromatic heterocycles. The maximum atomic E-state index is 11.7. The summed E-state index contributed by atoms with van der Waals surface area (Å²) < 4.78 is 0. The molecule has 2 atom stereocenters. The molecule has 1 heterocycles. The van der Waals surface area contributed by atoms with E-state index in [1.807, 2.05) is 0 Å². The van der Waals surface area contributed by atoms with Gasteiger partial charge in [-0.2, -0.15) is 0 Å². The van der Waals surface area contributed by atoms with Gasteiger partial charge in [-0.05, 0) is 12.8 Å². The number of hydrogen-bond donors (Lipinski definition) is 2. The second-order valence-electron chi connectivity index (χ2n) is 3.94. The van der Waals surface area contributed by atoms with Crippen molar-refractivity contribution >= 4 is 11.9 Å². The summed E-state index contributed by atoms with van der Waals surface area (Å²) in [6.07, 6.45) is 4.08. The number of carbonyl (C=O) groups excluding carboxylic acids is 1. The van der Waals surface area contributed by atoms with Crippen LogP contribution in [-0.2, 0) is 9.59 Å². The lowest BCUT2D eigenvalue weighted by molar-refractivity contribution is -0.145. The van der Waals surface area contributed by atoms with Crippen LogP contribution in [0.5, 0.6) is 0 Å². The predicted octanol–water partition coefficient (Wildman–Crippen LogP) is -0.0234. The molecule has 1 amide bonds. The third kappa shape index (κ3) is 1.59. The van der Waals surface area contributed by atoms with E-state index in [0.29, 0.717) is 0 Å². The number of nitrogens with zero attached hydrogens (tertiary/aromatic N) is 1. The van der Waals surface area contributed by atoms with Crippen LogP contribution in [0, 0.1) is 5.92 Å². The van der Waals surface area contributed by atoms with Crippen molar-refractivity contribution in [2.75, 3.05) is 6.54 Å². The maximum absolute atomic E-state index is 11.7. The van der Waals surface area contributed by atoms with Crippen molar-refractivity contribution in [3.63, 3.8) is 0 Å². The summed E-state index contributed by atoms with van der Waals surface area (Å²) in [5.41, 5.74) is 2.98. The summed E-state index contributed by atoms with van der Waals surface area (Å²) in [6, 6.07) is 0.176. The largest absolute Gasteiger partial charge is 0.480 e. The van der Waals surface area contributed by atoms with Crippen LogP contribution in [0.1, 0.15) is 25.7 Å². The van der Waals surface area contributed by atoms with Gasteiger partial charge in [-0.1, -0.05) is 12.8 Å². The molecule has 1 saturated carbocycles. The average molecular weight is 198 g/mol. The normalized spacial score (nSPS) is 31.7. The molecule has 78 valence electrons. The molecule has 0 aromatic rings. The van der Waals surface area contributed by atoms with Gasteiger partial charge in [-0.25, -0.2) is 5.43 Å². The van der Waals surface area contributed by atoms with Crippen LogP contribution >= 0.6 is 0 Å². The fourth-order valence-electron chi connectivity index (χ4n) is 2.30. The molecule has 1 aliphatic heterocycles. The van der Waals surface area contributed by atoms with E-state index < -0.39 is 5.97 Å². The molecule has 5 nitrogen and oxygen atoms in total. The predicted molar refractivity (Wildman–Crippen MR) is 48.2 cm³/mol. The highest BCUT2D eigenvalue weighted by molar-refractivity contribution is 5.85. The van der Waals surface area contributed by atoms with E-state index in [1.54, 1.807) is 0 Å². The van der Waals surface area contributed by atoms with Crippen molar-refractivity contribution in [1.29, 1.82) is 0 Å². The highest BCUT2D eigenvalue weighted by Gasteiger charge is 2.41. The molecule has 0 aromatic carbocycles. The van der Waals surface area contributed by atoms with Crippen molar-refractivity contribution in [1.82, 2.24) is 10.4 Å². The Morgan fingerprint density at radius 3 is 2.86 bits per heavy atom. The molecule has 0 spiro atoms. The molecule has 0 bridgehead atoms. The Morgan fingerprint density at radius 2 is 2.21 bits per heavy atom. The van der Waals surface area contributed by atoms with E-state index in [2.05, 4.69) is 5.43 Å². The van der Waals surface area contributed by atoms with Gasteiger partial charge in [0.05, 0.1) is 5.92 Å². The number of carboxylic acid groups (broad SMARTS) is 1. The van der Waals surface area contributed by atoms with Crippen LogP contribution in [0.25, 0.3) is 0 Å². The number of nitrogens with one attached hydrogen (secondary N) is 1. The third-order valence-electron chi connectivity index (χ3n) is 2.96. The quantitative estimate of drug-likeness (QED) is 0.654. The Kier molecular flexibility index (Phi) is 2.41. The van der Waals surface area contributed by atoms with E-state index in [9.17, 15) is 9.59 Å². The van der Waals surface area contributed by atoms with Gasteiger partial charge in [0, 0.05) is 6.04 Å². The SMILES string of the molecule is O=C(O)CN1NC2CCCCC2C1=O. The van der Waals surface area contributed by atoms with Crippen molar-refractivity contribution in [3.8, 4) is 0 Å². The van der Waals surface area contributed by atoms with E-state index in [4.69, 9.17) is 5.11 Å². The first kappa shape index (κ1) is 9.45. The zero-order valence-corrected chi connectivity index (χ0v) is 7.90. The van der Waals surface area contributed by atoms with E-state index in [-0.39, 0.29) is 24.4 Å². The number of aliphatic carboxylic acids is 1. The fourth-order valence-corrected chi connectivity index (χ4v) is 2.30. The number of hydrazine groups is 1. The van der Waals surface area contributed by atoms with Gasteiger partial charge in [0.2, 0.25) is 5.91 Å². The van der Waals surface area contributed by atoms with Gasteiger partial charge in [-0.3, -0.25) is 14.6 Å². The van der Waals surface area contributed by atoms with Crippen LogP contribution in [-0.4, -0.2) is 34.6 Å². The summed E-state index contributed by atoms with van der Waals surface area (Å²) in [4.78, 5) is 22.1. The lowest BCUT2D eigenvalue weighted by atomic mass is 9.86. The van der Waals surface area contributed by atoms with Crippen molar-refractivity contribution < 1.29 is 14.7 Å². The van der Waals surface area contributed by atoms with Gasteiger partial charge in [0.25, 0.3) is 0 Å². The van der Waals surface area contributed by atoms with Gasteiger partial charge in [0.15, 0.2) is 0 Å². The number of carbonyl (C=O) groups is 2. The first-order chi connectivity index (χ1) is 6.68. The molecule has 2 rings (SSSR count). The topological polar surface area (TPSA) is 69.6 Å². The van der Waals surface area contributed by atoms with Gasteiger partial charge >= 0.3 is 5.97 Å². The van der Waals surface area contributed by atoms with Gasteiger partial charge < -0.3 is 5.11 Å². The lowest BCUT2D eigenvalue weighted by Gasteiger charge is -2.21. The van der Waals surface area contributed by atoms with Crippen molar-refractivity contribution in [2.45, 2.75) is 31.7 Å². The lowest BCUT2D eigenvalue weighted by Crippen LogP contribution is -2.40. The second-order valence-corrected chi connectivity index (χ2v) is 3.94. The molecular formula is C9H14N2O3. The minimum atomic E-state index is -0.968. The minimum Gasteiger partial charge on any atom is -0.480 e. The van der Waals surface area contributed by atoms with Gasteiger partial charge in [0.1, 0.15) is 6.54 Å². The molecule has 2 unspecified atom stereocenters. The molecule has 2 N–H and O–H groups in total. The Labute approximate surface area is 82.0 Å². The molecule has 2 aliphatic rings. The number of hydrogen-bond acceptors (Lipinski definition) is 3. The Morgan fingerprint density at radius 1 is 1.50 bits per heavy atom. The summed E-state index contributed by atoms with van der Waals surface area (Å²) in [5, 5.41) is 9.84. The molecule has 1 aliphatic carbocycles. The smallest absolute Gasteiger partial charge is 0.324 e. The molecule has 2 fully saturated rings. The van der Waals surface area contributed by atoms with E-state index in [1.165, 1.54) is 5.01 Å². The highest BCUT2D eigenvalue weighted by atomic mass is 16.4. The monoisotopic (exact) mass is 198 g/mol. The Hall–Kier alpha value is -1.10. The van der Waals surface area contributed by atoms with Crippen LogP contribution in [0.4, 0.5) is 0 Å². The van der Waals surface area contributed by atoms with E-state index in [0.717, 1.165) is 25.7 Å². The third-order valence-corrected chi connectivity index (χ3v) is 2.96. The summed E-state index contributed by atoms with van der Waals surface area (Å²) in [7, 11) is 0. The van der Waals surface area contributed by atoms with Crippen LogP contribution in [0.2, 0.25) is 0 Å². The van der Waals surface area contributed by atoms with Gasteiger partial charge in [-0.15, -0.1) is 0 Å². The second kappa shape index (κ2) is 3.57. The van der Waals surface area contributed by atoms with Crippen LogP contribution < -0.4 is 5.43 Å².